The molecular weight excluding hydrogens is 258 g/mol. The van der Waals surface area contributed by atoms with E-state index in [1.54, 1.807) is 13.8 Å². The highest BCUT2D eigenvalue weighted by Gasteiger charge is 2.42. The molecule has 1 aliphatic rings. The Morgan fingerprint density at radius 3 is 2.00 bits per heavy atom. The fourth-order valence-electron chi connectivity index (χ4n) is 2.80. The highest BCUT2D eigenvalue weighted by Crippen LogP contribution is 2.34. The first kappa shape index (κ1) is 16.5. The molecule has 20 heavy (non-hydrogen) atoms. The molecule has 0 bridgehead atoms. The van der Waals surface area contributed by atoms with Crippen molar-refractivity contribution >= 4 is 11.9 Å². The molecule has 112 valence electrons. The van der Waals surface area contributed by atoms with E-state index in [4.69, 9.17) is 9.47 Å². The Hall–Kier alpha value is -1.57. The topological polar surface area (TPSA) is 76.4 Å². The van der Waals surface area contributed by atoms with E-state index < -0.39 is 23.8 Å². The Bertz CT molecular complexity index is 351. The monoisotopic (exact) mass is 281 g/mol. The van der Waals surface area contributed by atoms with Crippen LogP contribution >= 0.6 is 0 Å². The van der Waals surface area contributed by atoms with Crippen molar-refractivity contribution in [1.82, 2.24) is 0 Å². The van der Waals surface area contributed by atoms with E-state index in [1.807, 2.05) is 0 Å². The summed E-state index contributed by atoms with van der Waals surface area (Å²) in [6.45, 7) is 3.75. The quantitative estimate of drug-likeness (QED) is 0.552. The van der Waals surface area contributed by atoms with Crippen LogP contribution in [0.4, 0.5) is 0 Å². The zero-order chi connectivity index (χ0) is 15.0. The summed E-state index contributed by atoms with van der Waals surface area (Å²) in [5.41, 5.74) is 0. The average Bonchev–Trinajstić information content (AvgIpc) is 2.45. The fourth-order valence-corrected chi connectivity index (χ4v) is 2.80. The van der Waals surface area contributed by atoms with Gasteiger partial charge < -0.3 is 9.47 Å². The van der Waals surface area contributed by atoms with Crippen LogP contribution in [0, 0.1) is 29.1 Å². The number of rotatable bonds is 6. The van der Waals surface area contributed by atoms with Gasteiger partial charge in [0.05, 0.1) is 25.2 Å². The van der Waals surface area contributed by atoms with E-state index in [0.717, 1.165) is 32.1 Å². The first-order chi connectivity index (χ1) is 9.65. The predicted molar refractivity (Wildman–Crippen MR) is 72.4 cm³/mol. The maximum atomic E-state index is 12.0. The molecule has 0 aromatic rings. The number of ether oxygens (including phenoxy) is 2. The van der Waals surface area contributed by atoms with E-state index >= 15 is 0 Å². The van der Waals surface area contributed by atoms with Crippen molar-refractivity contribution in [2.75, 3.05) is 13.2 Å². The van der Waals surface area contributed by atoms with Crippen molar-refractivity contribution in [3.8, 4) is 6.07 Å². The third-order valence-electron chi connectivity index (χ3n) is 3.75. The molecule has 5 heteroatoms. The molecule has 1 fully saturated rings. The highest BCUT2D eigenvalue weighted by molar-refractivity contribution is 5.95. The maximum absolute atomic E-state index is 12.0. The third kappa shape index (κ3) is 4.22. The lowest BCUT2D eigenvalue weighted by Gasteiger charge is -2.29. The lowest BCUT2D eigenvalue weighted by atomic mass is 9.74. The van der Waals surface area contributed by atoms with Crippen molar-refractivity contribution in [2.24, 2.45) is 17.8 Å². The minimum Gasteiger partial charge on any atom is -0.465 e. The third-order valence-corrected chi connectivity index (χ3v) is 3.75. The first-order valence-electron chi connectivity index (χ1n) is 7.38. The van der Waals surface area contributed by atoms with Crippen molar-refractivity contribution in [1.29, 1.82) is 5.26 Å². The molecule has 0 aromatic heterocycles. The van der Waals surface area contributed by atoms with Crippen molar-refractivity contribution in [3.63, 3.8) is 0 Å². The van der Waals surface area contributed by atoms with Gasteiger partial charge in [0.1, 0.15) is 0 Å². The van der Waals surface area contributed by atoms with E-state index in [-0.39, 0.29) is 19.1 Å². The molecule has 0 aromatic carbocycles. The number of carbonyl (C=O) groups excluding carboxylic acids is 2. The van der Waals surface area contributed by atoms with Gasteiger partial charge in [-0.3, -0.25) is 9.59 Å². The van der Waals surface area contributed by atoms with E-state index in [1.165, 1.54) is 0 Å². The van der Waals surface area contributed by atoms with Gasteiger partial charge in [-0.05, 0) is 32.6 Å². The number of carbonyl (C=O) groups is 2. The molecule has 0 radical (unpaired) electrons. The smallest absolute Gasteiger partial charge is 0.321 e. The molecule has 1 unspecified atom stereocenters. The molecular formula is C15H23NO4. The second-order valence-corrected chi connectivity index (χ2v) is 5.03. The minimum absolute atomic E-state index is 0.0764. The molecule has 1 aliphatic carbocycles. The van der Waals surface area contributed by atoms with Gasteiger partial charge in [-0.25, -0.2) is 0 Å². The van der Waals surface area contributed by atoms with E-state index in [9.17, 15) is 14.9 Å². The second kappa shape index (κ2) is 8.57. The van der Waals surface area contributed by atoms with E-state index in [0.29, 0.717) is 0 Å². The summed E-state index contributed by atoms with van der Waals surface area (Å²) in [6.07, 6.45) is 5.00. The second-order valence-electron chi connectivity index (χ2n) is 5.03. The summed E-state index contributed by atoms with van der Waals surface area (Å²) in [4.78, 5) is 24.1. The number of nitrogens with zero attached hydrogens (tertiary/aromatic N) is 1. The van der Waals surface area contributed by atoms with Crippen LogP contribution in [0.3, 0.4) is 0 Å². The number of hydrogen-bond acceptors (Lipinski definition) is 5. The van der Waals surface area contributed by atoms with E-state index in [2.05, 4.69) is 6.07 Å². The summed E-state index contributed by atoms with van der Waals surface area (Å²) in [7, 11) is 0. The normalized spacial score (nSPS) is 17.3. The molecule has 0 aliphatic heterocycles. The van der Waals surface area contributed by atoms with Crippen LogP contribution in [-0.2, 0) is 19.1 Å². The Morgan fingerprint density at radius 2 is 1.60 bits per heavy atom. The van der Waals surface area contributed by atoms with Crippen LogP contribution in [0.25, 0.3) is 0 Å². The zero-order valence-electron chi connectivity index (χ0n) is 12.3. The molecule has 5 nitrogen and oxygen atoms in total. The lowest BCUT2D eigenvalue weighted by molar-refractivity contribution is -0.164. The molecule has 0 saturated heterocycles. The van der Waals surface area contributed by atoms with Crippen LogP contribution < -0.4 is 0 Å². The molecule has 0 N–H and O–H groups in total. The number of nitriles is 1. The predicted octanol–water partition coefficient (Wildman–Crippen LogP) is 2.45. The van der Waals surface area contributed by atoms with Gasteiger partial charge in [-0.15, -0.1) is 0 Å². The van der Waals surface area contributed by atoms with Gasteiger partial charge >= 0.3 is 11.9 Å². The average molecular weight is 281 g/mol. The Morgan fingerprint density at radius 1 is 1.10 bits per heavy atom. The summed E-state index contributed by atoms with van der Waals surface area (Å²) >= 11 is 0. The Kier molecular flexibility index (Phi) is 7.06. The zero-order valence-corrected chi connectivity index (χ0v) is 12.3. The van der Waals surface area contributed by atoms with Gasteiger partial charge in [0.2, 0.25) is 0 Å². The summed E-state index contributed by atoms with van der Waals surface area (Å²) in [6, 6.07) is 2.15. The molecule has 1 rings (SSSR count). The van der Waals surface area contributed by atoms with Crippen LogP contribution in [0.15, 0.2) is 0 Å². The number of esters is 2. The lowest BCUT2D eigenvalue weighted by Crippen LogP contribution is -2.38. The first-order valence-corrected chi connectivity index (χ1v) is 7.38. The van der Waals surface area contributed by atoms with Crippen molar-refractivity contribution < 1.29 is 19.1 Å². The van der Waals surface area contributed by atoms with Gasteiger partial charge in [0.15, 0.2) is 5.92 Å². The highest BCUT2D eigenvalue weighted by atomic mass is 16.6. The molecule has 1 atom stereocenters. The molecule has 0 amide bonds. The minimum atomic E-state index is -1.11. The molecule has 0 spiro atoms. The van der Waals surface area contributed by atoms with Crippen LogP contribution in [0.2, 0.25) is 0 Å². The van der Waals surface area contributed by atoms with Gasteiger partial charge in [-0.1, -0.05) is 19.3 Å². The van der Waals surface area contributed by atoms with Crippen molar-refractivity contribution in [2.45, 2.75) is 46.0 Å². The van der Waals surface area contributed by atoms with Crippen LogP contribution in [0.1, 0.15) is 46.0 Å². The van der Waals surface area contributed by atoms with Crippen LogP contribution in [0.5, 0.6) is 0 Å². The largest absolute Gasteiger partial charge is 0.465 e. The van der Waals surface area contributed by atoms with Crippen LogP contribution in [-0.4, -0.2) is 25.2 Å². The standard InChI is InChI=1S/C15H23NO4/c1-3-19-14(17)13(15(18)20-4-2)12(10-16)11-8-6-5-7-9-11/h11-13H,3-9H2,1-2H3. The molecule has 1 saturated carbocycles. The Balaban J connectivity index is 2.90. The maximum Gasteiger partial charge on any atom is 0.321 e. The fraction of sp³-hybridized carbons (Fsp3) is 0.800. The summed E-state index contributed by atoms with van der Waals surface area (Å²) < 4.78 is 9.91. The molecule has 0 heterocycles. The Labute approximate surface area is 120 Å². The van der Waals surface area contributed by atoms with Gasteiger partial charge in [-0.2, -0.15) is 5.26 Å². The van der Waals surface area contributed by atoms with Crippen molar-refractivity contribution in [3.05, 3.63) is 0 Å². The number of hydrogen-bond donors (Lipinski definition) is 0. The summed E-state index contributed by atoms with van der Waals surface area (Å²) in [5, 5.41) is 9.42. The van der Waals surface area contributed by atoms with Gasteiger partial charge in [0.25, 0.3) is 0 Å². The SMILES string of the molecule is CCOC(=O)C(C(=O)OCC)C(C#N)C1CCCCC1. The van der Waals surface area contributed by atoms with Gasteiger partial charge in [0, 0.05) is 0 Å². The summed E-state index contributed by atoms with van der Waals surface area (Å²) in [5.74, 6) is -2.95.